The van der Waals surface area contributed by atoms with E-state index in [1.165, 1.54) is 0 Å². The van der Waals surface area contributed by atoms with Gasteiger partial charge in [-0.25, -0.2) is 0 Å². The number of pyridine rings is 1. The van der Waals surface area contributed by atoms with Crippen molar-refractivity contribution in [3.8, 4) is 0 Å². The van der Waals surface area contributed by atoms with Gasteiger partial charge in [-0.15, -0.1) is 0 Å². The van der Waals surface area contributed by atoms with Gasteiger partial charge in [-0.2, -0.15) is 0 Å². The van der Waals surface area contributed by atoms with Gasteiger partial charge in [-0.1, -0.05) is 6.07 Å². The molecule has 1 saturated heterocycles. The van der Waals surface area contributed by atoms with Crippen LogP contribution in [0.1, 0.15) is 12.5 Å². The quantitative estimate of drug-likeness (QED) is 0.622. The summed E-state index contributed by atoms with van der Waals surface area (Å²) < 4.78 is 0. The molecule has 1 N–H and O–H groups in total. The maximum Gasteiger partial charge on any atom is 0.274 e. The van der Waals surface area contributed by atoms with Crippen LogP contribution in [0.2, 0.25) is 0 Å². The van der Waals surface area contributed by atoms with Crippen LogP contribution in [0.3, 0.4) is 0 Å². The van der Waals surface area contributed by atoms with E-state index < -0.39 is 4.92 Å². The molecule has 2 rings (SSSR count). The third-order valence-electron chi connectivity index (χ3n) is 2.72. The molecule has 1 aliphatic rings. The van der Waals surface area contributed by atoms with Crippen LogP contribution in [0.5, 0.6) is 0 Å². The van der Waals surface area contributed by atoms with E-state index in [9.17, 15) is 10.1 Å². The first-order chi connectivity index (χ1) is 8.16. The van der Waals surface area contributed by atoms with E-state index in [0.717, 1.165) is 18.3 Å². The molecule has 1 fully saturated rings. The van der Waals surface area contributed by atoms with Gasteiger partial charge in [0.15, 0.2) is 5.82 Å². The molecule has 0 radical (unpaired) electrons. The zero-order valence-corrected chi connectivity index (χ0v) is 9.54. The van der Waals surface area contributed by atoms with Crippen molar-refractivity contribution in [1.82, 2.24) is 15.2 Å². The minimum absolute atomic E-state index is 0.237. The van der Waals surface area contributed by atoms with Crippen LogP contribution in [0, 0.1) is 10.1 Å². The summed E-state index contributed by atoms with van der Waals surface area (Å²) in [6.45, 7) is 3.38. The fourth-order valence-corrected chi connectivity index (χ4v) is 1.85. The molecule has 0 amide bonds. The van der Waals surface area contributed by atoms with E-state index in [4.69, 9.17) is 0 Å². The van der Waals surface area contributed by atoms with Gasteiger partial charge in [-0.05, 0) is 18.6 Å². The molecule has 0 aromatic carbocycles. The molecule has 1 aromatic heterocycles. The zero-order chi connectivity index (χ0) is 12.3. The molecule has 0 spiro atoms. The Bertz CT molecular complexity index is 432. The van der Waals surface area contributed by atoms with Gasteiger partial charge in [0.2, 0.25) is 0 Å². The van der Waals surface area contributed by atoms with Crippen LogP contribution in [-0.4, -0.2) is 27.4 Å². The van der Waals surface area contributed by atoms with Crippen LogP contribution in [0.4, 0.5) is 0 Å². The van der Waals surface area contributed by atoms with Gasteiger partial charge >= 0.3 is 0 Å². The Morgan fingerprint density at radius 3 is 3.24 bits per heavy atom. The number of aromatic nitrogens is 1. The Morgan fingerprint density at radius 2 is 2.59 bits per heavy atom. The van der Waals surface area contributed by atoms with E-state index in [1.807, 2.05) is 24.0 Å². The molecule has 0 saturated carbocycles. The number of nitrogens with one attached hydrogen (secondary N) is 1. The predicted molar refractivity (Wildman–Crippen MR) is 62.3 cm³/mol. The smallest absolute Gasteiger partial charge is 0.274 e. The molecule has 0 aliphatic carbocycles. The summed E-state index contributed by atoms with van der Waals surface area (Å²) in [5.41, 5.74) is 1.04. The maximum atomic E-state index is 10.5. The zero-order valence-electron chi connectivity index (χ0n) is 9.54. The fourth-order valence-electron chi connectivity index (χ4n) is 1.85. The van der Waals surface area contributed by atoms with Gasteiger partial charge in [0.05, 0.1) is 4.92 Å². The maximum absolute atomic E-state index is 10.5. The fraction of sp³-hybridized carbons (Fsp3) is 0.364. The van der Waals surface area contributed by atoms with Crippen molar-refractivity contribution in [3.05, 3.63) is 52.2 Å². The molecule has 2 heterocycles. The second kappa shape index (κ2) is 4.82. The largest absolute Gasteiger partial charge is 0.365 e. The van der Waals surface area contributed by atoms with Crippen LogP contribution in [0.25, 0.3) is 0 Å². The Labute approximate surface area is 99.1 Å². The monoisotopic (exact) mass is 234 g/mol. The molecule has 6 nitrogen and oxygen atoms in total. The van der Waals surface area contributed by atoms with Crippen molar-refractivity contribution in [2.45, 2.75) is 19.5 Å². The summed E-state index contributed by atoms with van der Waals surface area (Å²) in [5.74, 6) is 0.561. The van der Waals surface area contributed by atoms with E-state index in [-0.39, 0.29) is 6.04 Å². The SMILES string of the molecule is CC1CNC(=C[N+](=O)[O-])N1Cc1cccnc1. The molecule has 1 aromatic rings. The molecular formula is C11H14N4O2. The van der Waals surface area contributed by atoms with Crippen molar-refractivity contribution in [2.75, 3.05) is 6.54 Å². The molecule has 6 heteroatoms. The van der Waals surface area contributed by atoms with Gasteiger partial charge in [-0.3, -0.25) is 15.1 Å². The lowest BCUT2D eigenvalue weighted by molar-refractivity contribution is -0.404. The number of nitrogens with zero attached hydrogens (tertiary/aromatic N) is 3. The predicted octanol–water partition coefficient (Wildman–Crippen LogP) is 0.951. The molecule has 1 unspecified atom stereocenters. The summed E-state index contributed by atoms with van der Waals surface area (Å²) in [6.07, 6.45) is 4.50. The Hall–Kier alpha value is -2.11. The molecular weight excluding hydrogens is 220 g/mol. The number of rotatable bonds is 3. The van der Waals surface area contributed by atoms with Crippen molar-refractivity contribution >= 4 is 0 Å². The van der Waals surface area contributed by atoms with Gasteiger partial charge in [0.25, 0.3) is 6.20 Å². The number of nitro groups is 1. The topological polar surface area (TPSA) is 71.3 Å². The standard InChI is InChI=1S/C11H14N4O2/c1-9-5-13-11(8-15(16)17)14(9)7-10-3-2-4-12-6-10/h2-4,6,8-9,13H,5,7H2,1H3. The summed E-state index contributed by atoms with van der Waals surface area (Å²) in [7, 11) is 0. The minimum Gasteiger partial charge on any atom is -0.365 e. The van der Waals surface area contributed by atoms with Crippen LogP contribution >= 0.6 is 0 Å². The Kier molecular flexibility index (Phi) is 3.22. The normalized spacial score (nSPS) is 21.6. The second-order valence-electron chi connectivity index (χ2n) is 4.02. The van der Waals surface area contributed by atoms with Gasteiger partial charge in [0.1, 0.15) is 0 Å². The summed E-state index contributed by atoms with van der Waals surface area (Å²) in [5, 5.41) is 13.5. The molecule has 1 aliphatic heterocycles. The molecule has 17 heavy (non-hydrogen) atoms. The van der Waals surface area contributed by atoms with E-state index in [2.05, 4.69) is 10.3 Å². The number of hydrogen-bond donors (Lipinski definition) is 1. The minimum atomic E-state index is -0.434. The second-order valence-corrected chi connectivity index (χ2v) is 4.02. The van der Waals surface area contributed by atoms with Crippen LogP contribution in [0.15, 0.2) is 36.5 Å². The Balaban J connectivity index is 2.15. The molecule has 90 valence electrons. The highest BCUT2D eigenvalue weighted by Crippen LogP contribution is 2.17. The molecule has 0 bridgehead atoms. The lowest BCUT2D eigenvalue weighted by Crippen LogP contribution is -2.27. The van der Waals surface area contributed by atoms with E-state index in [1.54, 1.807) is 12.4 Å². The lowest BCUT2D eigenvalue weighted by atomic mass is 10.2. The third kappa shape index (κ3) is 2.72. The first-order valence-corrected chi connectivity index (χ1v) is 5.41. The summed E-state index contributed by atoms with van der Waals surface area (Å²) >= 11 is 0. The van der Waals surface area contributed by atoms with Gasteiger partial charge in [0, 0.05) is 31.5 Å². The van der Waals surface area contributed by atoms with Crippen molar-refractivity contribution in [1.29, 1.82) is 0 Å². The first kappa shape index (κ1) is 11.4. The average Bonchev–Trinajstić information content (AvgIpc) is 2.62. The third-order valence-corrected chi connectivity index (χ3v) is 2.72. The Morgan fingerprint density at radius 1 is 1.76 bits per heavy atom. The molecule has 1 atom stereocenters. The number of hydrogen-bond acceptors (Lipinski definition) is 5. The highest BCUT2D eigenvalue weighted by Gasteiger charge is 2.26. The summed E-state index contributed by atoms with van der Waals surface area (Å²) in [4.78, 5) is 16.1. The van der Waals surface area contributed by atoms with Crippen molar-refractivity contribution in [3.63, 3.8) is 0 Å². The van der Waals surface area contributed by atoms with Crippen molar-refractivity contribution in [2.24, 2.45) is 0 Å². The average molecular weight is 234 g/mol. The van der Waals surface area contributed by atoms with E-state index >= 15 is 0 Å². The van der Waals surface area contributed by atoms with Crippen LogP contribution in [-0.2, 0) is 6.54 Å². The summed E-state index contributed by atoms with van der Waals surface area (Å²) in [6, 6.07) is 4.06. The van der Waals surface area contributed by atoms with Crippen molar-refractivity contribution < 1.29 is 4.92 Å². The van der Waals surface area contributed by atoms with Gasteiger partial charge < -0.3 is 10.2 Å². The lowest BCUT2D eigenvalue weighted by Gasteiger charge is -2.22. The first-order valence-electron chi connectivity index (χ1n) is 5.41. The van der Waals surface area contributed by atoms with E-state index in [0.29, 0.717) is 12.4 Å². The van der Waals surface area contributed by atoms with Crippen LogP contribution < -0.4 is 5.32 Å². The highest BCUT2D eigenvalue weighted by atomic mass is 16.6. The highest BCUT2D eigenvalue weighted by molar-refractivity contribution is 5.13.